The second kappa shape index (κ2) is 4.26. The summed E-state index contributed by atoms with van der Waals surface area (Å²) in [4.78, 5) is 11.0. The first-order valence-corrected chi connectivity index (χ1v) is 4.39. The van der Waals surface area contributed by atoms with Gasteiger partial charge in [-0.05, 0) is 25.3 Å². The van der Waals surface area contributed by atoms with Gasteiger partial charge in [-0.1, -0.05) is 13.0 Å². The molecule has 1 rings (SSSR count). The van der Waals surface area contributed by atoms with Crippen LogP contribution in [0.5, 0.6) is 0 Å². The number of amides is 1. The van der Waals surface area contributed by atoms with Crippen molar-refractivity contribution in [2.45, 2.75) is 38.3 Å². The number of hydrogen-bond donors (Lipinski definition) is 2. The maximum Gasteiger partial charge on any atom is 0.243 e. The Bertz CT molecular complexity index is 189. The Balaban J connectivity index is 2.22. The second-order valence-corrected chi connectivity index (χ2v) is 3.07. The molecule has 0 heterocycles. The number of carbonyl (C=O) groups is 1. The highest BCUT2D eigenvalue weighted by atomic mass is 16.3. The van der Waals surface area contributed by atoms with Crippen molar-refractivity contribution < 1.29 is 9.90 Å². The number of carbonyl (C=O) groups excluding carboxylic acids is 1. The van der Waals surface area contributed by atoms with Crippen LogP contribution in [0.25, 0.3) is 0 Å². The molecule has 0 aromatic carbocycles. The van der Waals surface area contributed by atoms with Gasteiger partial charge in [-0.2, -0.15) is 0 Å². The third-order valence-electron chi connectivity index (χ3n) is 2.07. The molecule has 1 aliphatic rings. The summed E-state index contributed by atoms with van der Waals surface area (Å²) in [5, 5.41) is 11.9. The van der Waals surface area contributed by atoms with Crippen molar-refractivity contribution in [2.75, 3.05) is 0 Å². The Morgan fingerprint density at radius 2 is 2.42 bits per heavy atom. The van der Waals surface area contributed by atoms with Gasteiger partial charge in [0.15, 0.2) is 0 Å². The van der Waals surface area contributed by atoms with Crippen LogP contribution in [0.4, 0.5) is 0 Å². The number of rotatable bonds is 3. The van der Waals surface area contributed by atoms with Crippen LogP contribution in [-0.4, -0.2) is 23.2 Å². The van der Waals surface area contributed by atoms with Crippen LogP contribution >= 0.6 is 0 Å². The lowest BCUT2D eigenvalue weighted by atomic mass is 9.89. The van der Waals surface area contributed by atoms with Crippen molar-refractivity contribution in [3.63, 3.8) is 0 Å². The molecule has 0 radical (unpaired) electrons. The van der Waals surface area contributed by atoms with E-state index in [1.165, 1.54) is 6.08 Å². The molecule has 0 aliphatic heterocycles. The summed E-state index contributed by atoms with van der Waals surface area (Å²) in [5.41, 5.74) is 0. The number of nitrogens with one attached hydrogen (secondary N) is 1. The molecular weight excluding hydrogens is 154 g/mol. The van der Waals surface area contributed by atoms with Crippen molar-refractivity contribution in [1.29, 1.82) is 0 Å². The van der Waals surface area contributed by atoms with Crippen LogP contribution in [0.1, 0.15) is 26.2 Å². The van der Waals surface area contributed by atoms with Crippen molar-refractivity contribution in [2.24, 2.45) is 0 Å². The Labute approximate surface area is 72.5 Å². The highest BCUT2D eigenvalue weighted by molar-refractivity contribution is 5.87. The van der Waals surface area contributed by atoms with Gasteiger partial charge in [0.05, 0.1) is 12.1 Å². The molecule has 2 N–H and O–H groups in total. The fourth-order valence-electron chi connectivity index (χ4n) is 1.11. The quantitative estimate of drug-likeness (QED) is 0.607. The molecule has 3 heteroatoms. The largest absolute Gasteiger partial charge is 0.391 e. The highest BCUT2D eigenvalue weighted by Crippen LogP contribution is 2.18. The van der Waals surface area contributed by atoms with Gasteiger partial charge in [-0.25, -0.2) is 0 Å². The molecule has 3 nitrogen and oxygen atoms in total. The predicted molar refractivity (Wildman–Crippen MR) is 46.6 cm³/mol. The van der Waals surface area contributed by atoms with Crippen LogP contribution < -0.4 is 5.32 Å². The zero-order valence-electron chi connectivity index (χ0n) is 7.29. The first kappa shape index (κ1) is 9.26. The molecule has 0 aromatic rings. The van der Waals surface area contributed by atoms with Crippen LogP contribution in [-0.2, 0) is 4.79 Å². The summed E-state index contributed by atoms with van der Waals surface area (Å²) in [6, 6.07) is -0.0148. The van der Waals surface area contributed by atoms with E-state index in [-0.39, 0.29) is 18.1 Å². The molecule has 1 amide bonds. The topological polar surface area (TPSA) is 49.3 Å². The second-order valence-electron chi connectivity index (χ2n) is 3.07. The highest BCUT2D eigenvalue weighted by Gasteiger charge is 2.29. The lowest BCUT2D eigenvalue weighted by Crippen LogP contribution is -2.49. The van der Waals surface area contributed by atoms with Crippen LogP contribution in [0.3, 0.4) is 0 Å². The lowest BCUT2D eigenvalue weighted by Gasteiger charge is -2.32. The van der Waals surface area contributed by atoms with Gasteiger partial charge in [0.1, 0.15) is 0 Å². The summed E-state index contributed by atoms with van der Waals surface area (Å²) in [5.74, 6) is -0.0967. The summed E-state index contributed by atoms with van der Waals surface area (Å²) >= 11 is 0. The molecule has 1 fully saturated rings. The minimum Gasteiger partial charge on any atom is -0.391 e. The maximum atomic E-state index is 11.0. The molecule has 68 valence electrons. The van der Waals surface area contributed by atoms with Gasteiger partial charge in [-0.15, -0.1) is 0 Å². The normalized spacial score (nSPS) is 28.5. The predicted octanol–water partition coefficient (Wildman–Crippen LogP) is 0.592. The average Bonchev–Trinajstić information content (AvgIpc) is 2.08. The standard InChI is InChI=1S/C9H15NO2/c1-2-3-4-9(12)10-7-5-6-8(7)11/h3-4,7-8,11H,2,5-6H2,1H3,(H,10,12)/b4-3+/t7-,8-/m1/s1. The summed E-state index contributed by atoms with van der Waals surface area (Å²) < 4.78 is 0. The number of aliphatic hydroxyl groups is 1. The minimum absolute atomic E-state index is 0.0148. The van der Waals surface area contributed by atoms with Gasteiger partial charge < -0.3 is 10.4 Å². The van der Waals surface area contributed by atoms with Gasteiger partial charge in [0.2, 0.25) is 5.91 Å². The molecule has 12 heavy (non-hydrogen) atoms. The van der Waals surface area contributed by atoms with Gasteiger partial charge in [-0.3, -0.25) is 4.79 Å². The third kappa shape index (κ3) is 2.34. The van der Waals surface area contributed by atoms with Crippen molar-refractivity contribution >= 4 is 5.91 Å². The number of hydrogen-bond acceptors (Lipinski definition) is 2. The van der Waals surface area contributed by atoms with Crippen molar-refractivity contribution in [3.8, 4) is 0 Å². The molecule has 0 bridgehead atoms. The Kier molecular flexibility index (Phi) is 3.29. The molecule has 1 aliphatic carbocycles. The van der Waals surface area contributed by atoms with Crippen LogP contribution in [0.2, 0.25) is 0 Å². The zero-order chi connectivity index (χ0) is 8.97. The number of aliphatic hydroxyl groups excluding tert-OH is 1. The lowest BCUT2D eigenvalue weighted by molar-refractivity contribution is -0.119. The molecule has 2 atom stereocenters. The van der Waals surface area contributed by atoms with E-state index in [4.69, 9.17) is 5.11 Å². The van der Waals surface area contributed by atoms with E-state index in [0.29, 0.717) is 0 Å². The van der Waals surface area contributed by atoms with Crippen molar-refractivity contribution in [1.82, 2.24) is 5.32 Å². The fraction of sp³-hybridized carbons (Fsp3) is 0.667. The molecule has 0 aromatic heterocycles. The first-order valence-electron chi connectivity index (χ1n) is 4.39. The molecule has 0 spiro atoms. The Hall–Kier alpha value is -0.830. The third-order valence-corrected chi connectivity index (χ3v) is 2.07. The summed E-state index contributed by atoms with van der Waals surface area (Å²) in [7, 11) is 0. The SMILES string of the molecule is CC/C=C/C(=O)N[C@@H]1CC[C@H]1O. The van der Waals surface area contributed by atoms with E-state index >= 15 is 0 Å². The molecular formula is C9H15NO2. The van der Waals surface area contributed by atoms with Crippen LogP contribution in [0.15, 0.2) is 12.2 Å². The smallest absolute Gasteiger partial charge is 0.243 e. The van der Waals surface area contributed by atoms with Gasteiger partial charge in [0.25, 0.3) is 0 Å². The molecule has 0 saturated heterocycles. The van der Waals surface area contributed by atoms with E-state index in [0.717, 1.165) is 19.3 Å². The van der Waals surface area contributed by atoms with Gasteiger partial charge in [0, 0.05) is 0 Å². The van der Waals surface area contributed by atoms with Gasteiger partial charge >= 0.3 is 0 Å². The Morgan fingerprint density at radius 1 is 1.67 bits per heavy atom. The minimum atomic E-state index is -0.330. The first-order chi connectivity index (χ1) is 5.74. The van der Waals surface area contributed by atoms with E-state index in [1.807, 2.05) is 6.92 Å². The van der Waals surface area contributed by atoms with Crippen molar-refractivity contribution in [3.05, 3.63) is 12.2 Å². The summed E-state index contributed by atoms with van der Waals surface area (Å²) in [6.07, 6.45) is 5.56. The summed E-state index contributed by atoms with van der Waals surface area (Å²) in [6.45, 7) is 1.97. The fourth-order valence-corrected chi connectivity index (χ4v) is 1.11. The average molecular weight is 169 g/mol. The Morgan fingerprint density at radius 3 is 2.83 bits per heavy atom. The maximum absolute atomic E-state index is 11.0. The molecule has 1 saturated carbocycles. The zero-order valence-corrected chi connectivity index (χ0v) is 7.29. The monoisotopic (exact) mass is 169 g/mol. The van der Waals surface area contributed by atoms with E-state index < -0.39 is 0 Å². The number of allylic oxidation sites excluding steroid dienone is 1. The van der Waals surface area contributed by atoms with E-state index in [2.05, 4.69) is 5.32 Å². The van der Waals surface area contributed by atoms with E-state index in [1.54, 1.807) is 6.08 Å². The molecule has 0 unspecified atom stereocenters. The van der Waals surface area contributed by atoms with Crippen LogP contribution in [0, 0.1) is 0 Å². The van der Waals surface area contributed by atoms with E-state index in [9.17, 15) is 4.79 Å².